The lowest BCUT2D eigenvalue weighted by Gasteiger charge is -2.19. The SMILES string of the molecule is CCN(CC)C(N)=NCc1ccc(C#N)s1. The maximum absolute atomic E-state index is 8.68. The van der Waals surface area contributed by atoms with Crippen molar-refractivity contribution in [2.24, 2.45) is 10.7 Å². The number of hydrogen-bond acceptors (Lipinski definition) is 3. The zero-order valence-electron chi connectivity index (χ0n) is 9.60. The summed E-state index contributed by atoms with van der Waals surface area (Å²) in [6.45, 7) is 6.36. The zero-order chi connectivity index (χ0) is 12.0. The second kappa shape index (κ2) is 6.13. The molecule has 1 aromatic rings. The van der Waals surface area contributed by atoms with Crippen LogP contribution >= 0.6 is 11.3 Å². The van der Waals surface area contributed by atoms with Crippen molar-refractivity contribution in [2.45, 2.75) is 20.4 Å². The number of nitrogens with zero attached hydrogens (tertiary/aromatic N) is 3. The van der Waals surface area contributed by atoms with E-state index in [1.54, 1.807) is 0 Å². The van der Waals surface area contributed by atoms with Gasteiger partial charge in [0.25, 0.3) is 0 Å². The van der Waals surface area contributed by atoms with Crippen LogP contribution in [-0.2, 0) is 6.54 Å². The lowest BCUT2D eigenvalue weighted by molar-refractivity contribution is 0.458. The summed E-state index contributed by atoms with van der Waals surface area (Å²) in [6.07, 6.45) is 0. The Labute approximate surface area is 100 Å². The van der Waals surface area contributed by atoms with Crippen molar-refractivity contribution in [1.82, 2.24) is 4.90 Å². The number of guanidine groups is 1. The highest BCUT2D eigenvalue weighted by atomic mass is 32.1. The molecule has 0 atom stereocenters. The topological polar surface area (TPSA) is 65.4 Å². The summed E-state index contributed by atoms with van der Waals surface area (Å²) in [4.78, 5) is 8.08. The van der Waals surface area contributed by atoms with E-state index in [2.05, 4.69) is 11.1 Å². The molecule has 0 radical (unpaired) electrons. The van der Waals surface area contributed by atoms with Gasteiger partial charge in [-0.1, -0.05) is 0 Å². The van der Waals surface area contributed by atoms with Gasteiger partial charge >= 0.3 is 0 Å². The molecule has 0 fully saturated rings. The average molecular weight is 236 g/mol. The van der Waals surface area contributed by atoms with E-state index in [-0.39, 0.29) is 0 Å². The molecule has 0 saturated carbocycles. The third-order valence-corrected chi connectivity index (χ3v) is 3.23. The van der Waals surface area contributed by atoms with Crippen molar-refractivity contribution >= 4 is 17.3 Å². The van der Waals surface area contributed by atoms with E-state index < -0.39 is 0 Å². The molecule has 0 aliphatic carbocycles. The van der Waals surface area contributed by atoms with Crippen molar-refractivity contribution < 1.29 is 0 Å². The van der Waals surface area contributed by atoms with E-state index in [0.717, 1.165) is 18.0 Å². The molecule has 0 spiro atoms. The Balaban J connectivity index is 2.62. The maximum atomic E-state index is 8.68. The minimum absolute atomic E-state index is 0.550. The van der Waals surface area contributed by atoms with Gasteiger partial charge in [-0.3, -0.25) is 0 Å². The Morgan fingerprint density at radius 1 is 1.50 bits per heavy atom. The predicted octanol–water partition coefficient (Wildman–Crippen LogP) is 1.78. The second-order valence-electron chi connectivity index (χ2n) is 3.22. The van der Waals surface area contributed by atoms with E-state index >= 15 is 0 Å². The molecule has 4 nitrogen and oxygen atoms in total. The lowest BCUT2D eigenvalue weighted by Crippen LogP contribution is -2.36. The van der Waals surface area contributed by atoms with Crippen LogP contribution < -0.4 is 5.73 Å². The van der Waals surface area contributed by atoms with Crippen LogP contribution in [0, 0.1) is 11.3 Å². The van der Waals surface area contributed by atoms with Gasteiger partial charge in [0, 0.05) is 18.0 Å². The van der Waals surface area contributed by atoms with Crippen LogP contribution in [0.5, 0.6) is 0 Å². The van der Waals surface area contributed by atoms with E-state index in [4.69, 9.17) is 11.0 Å². The van der Waals surface area contributed by atoms with Gasteiger partial charge in [0.2, 0.25) is 0 Å². The monoisotopic (exact) mass is 236 g/mol. The van der Waals surface area contributed by atoms with Gasteiger partial charge in [0.15, 0.2) is 5.96 Å². The molecule has 0 amide bonds. The second-order valence-corrected chi connectivity index (χ2v) is 4.39. The molecular weight excluding hydrogens is 220 g/mol. The van der Waals surface area contributed by atoms with Gasteiger partial charge in [-0.2, -0.15) is 5.26 Å². The first-order chi connectivity index (χ1) is 7.71. The molecule has 5 heteroatoms. The number of thiophene rings is 1. The van der Waals surface area contributed by atoms with E-state index in [0.29, 0.717) is 17.4 Å². The third-order valence-electron chi connectivity index (χ3n) is 2.26. The molecule has 86 valence electrons. The van der Waals surface area contributed by atoms with Crippen molar-refractivity contribution in [3.63, 3.8) is 0 Å². The summed E-state index contributed by atoms with van der Waals surface area (Å²) >= 11 is 1.46. The minimum Gasteiger partial charge on any atom is -0.370 e. The smallest absolute Gasteiger partial charge is 0.191 e. The normalized spacial score (nSPS) is 11.2. The molecule has 2 N–H and O–H groups in total. The fourth-order valence-electron chi connectivity index (χ4n) is 1.33. The molecule has 1 rings (SSSR count). The van der Waals surface area contributed by atoms with Gasteiger partial charge in [-0.15, -0.1) is 11.3 Å². The highest BCUT2D eigenvalue weighted by Gasteiger charge is 2.02. The molecule has 0 aromatic carbocycles. The Hall–Kier alpha value is -1.54. The molecule has 1 heterocycles. The van der Waals surface area contributed by atoms with Gasteiger partial charge < -0.3 is 10.6 Å². The summed E-state index contributed by atoms with van der Waals surface area (Å²) in [5.74, 6) is 0.567. The zero-order valence-corrected chi connectivity index (χ0v) is 10.4. The Bertz CT molecular complexity index is 398. The van der Waals surface area contributed by atoms with E-state index in [9.17, 15) is 0 Å². The van der Waals surface area contributed by atoms with Crippen LogP contribution in [0.3, 0.4) is 0 Å². The van der Waals surface area contributed by atoms with Gasteiger partial charge in [-0.25, -0.2) is 4.99 Å². The first-order valence-corrected chi connectivity index (χ1v) is 6.06. The quantitative estimate of drug-likeness (QED) is 0.640. The van der Waals surface area contributed by atoms with E-state index in [1.807, 2.05) is 30.9 Å². The summed E-state index contributed by atoms with van der Waals surface area (Å²) < 4.78 is 0. The molecule has 0 saturated heterocycles. The molecule has 0 unspecified atom stereocenters. The standard InChI is InChI=1S/C11H16N4S/c1-3-15(4-2)11(13)14-8-10-6-5-9(7-12)16-10/h5-6H,3-4,8H2,1-2H3,(H2,13,14). The molecule has 16 heavy (non-hydrogen) atoms. The highest BCUT2D eigenvalue weighted by Crippen LogP contribution is 2.16. The third kappa shape index (κ3) is 3.24. The highest BCUT2D eigenvalue weighted by molar-refractivity contribution is 7.12. The van der Waals surface area contributed by atoms with Crippen molar-refractivity contribution in [1.29, 1.82) is 5.26 Å². The van der Waals surface area contributed by atoms with Crippen molar-refractivity contribution in [3.8, 4) is 6.07 Å². The lowest BCUT2D eigenvalue weighted by atomic mass is 10.4. The van der Waals surface area contributed by atoms with E-state index in [1.165, 1.54) is 11.3 Å². The maximum Gasteiger partial charge on any atom is 0.191 e. The van der Waals surface area contributed by atoms with Crippen molar-refractivity contribution in [2.75, 3.05) is 13.1 Å². The number of aliphatic imine (C=N–C) groups is 1. The summed E-state index contributed by atoms with van der Waals surface area (Å²) in [5, 5.41) is 8.68. The van der Waals surface area contributed by atoms with Gasteiger partial charge in [0.05, 0.1) is 6.54 Å². The first-order valence-electron chi connectivity index (χ1n) is 5.24. The largest absolute Gasteiger partial charge is 0.370 e. The number of rotatable bonds is 4. The van der Waals surface area contributed by atoms with Crippen LogP contribution in [0.1, 0.15) is 23.6 Å². The molecule has 0 bridgehead atoms. The Kier molecular flexibility index (Phi) is 4.80. The molecule has 1 aromatic heterocycles. The van der Waals surface area contributed by atoms with Crippen LogP contribution in [0.25, 0.3) is 0 Å². The number of nitriles is 1. The Morgan fingerprint density at radius 3 is 2.69 bits per heavy atom. The number of nitrogens with two attached hydrogens (primary N) is 1. The van der Waals surface area contributed by atoms with Crippen LogP contribution in [0.4, 0.5) is 0 Å². The van der Waals surface area contributed by atoms with Crippen LogP contribution in [0.15, 0.2) is 17.1 Å². The summed E-state index contributed by atoms with van der Waals surface area (Å²) in [5.41, 5.74) is 5.84. The Morgan fingerprint density at radius 2 is 2.19 bits per heavy atom. The number of hydrogen-bond donors (Lipinski definition) is 1. The van der Waals surface area contributed by atoms with Crippen molar-refractivity contribution in [3.05, 3.63) is 21.9 Å². The molecule has 0 aliphatic rings. The summed E-state index contributed by atoms with van der Waals surface area (Å²) in [6, 6.07) is 5.84. The van der Waals surface area contributed by atoms with Gasteiger partial charge in [0.1, 0.15) is 10.9 Å². The van der Waals surface area contributed by atoms with Gasteiger partial charge in [-0.05, 0) is 26.0 Å². The minimum atomic E-state index is 0.550. The fraction of sp³-hybridized carbons (Fsp3) is 0.455. The first kappa shape index (κ1) is 12.5. The molecule has 0 aliphatic heterocycles. The van der Waals surface area contributed by atoms with Crippen LogP contribution in [-0.4, -0.2) is 23.9 Å². The fourth-order valence-corrected chi connectivity index (χ4v) is 2.06. The van der Waals surface area contributed by atoms with Crippen LogP contribution in [0.2, 0.25) is 0 Å². The summed E-state index contributed by atoms with van der Waals surface area (Å²) in [7, 11) is 0. The molecular formula is C11H16N4S. The average Bonchev–Trinajstić information content (AvgIpc) is 2.76. The predicted molar refractivity (Wildman–Crippen MR) is 67.3 cm³/mol.